The fourth-order valence-electron chi connectivity index (χ4n) is 3.57. The molecule has 0 saturated heterocycles. The summed E-state index contributed by atoms with van der Waals surface area (Å²) in [4.78, 5) is 25.7. The summed E-state index contributed by atoms with van der Waals surface area (Å²) in [6, 6.07) is 7.14. The number of benzene rings is 1. The summed E-state index contributed by atoms with van der Waals surface area (Å²) < 4.78 is 0. The molecule has 128 valence electrons. The van der Waals surface area contributed by atoms with E-state index in [0.29, 0.717) is 28.2 Å². The largest absolute Gasteiger partial charge is 0.289 e. The summed E-state index contributed by atoms with van der Waals surface area (Å²) in [7, 11) is 0. The monoisotopic (exact) mass is 324 g/mol. The molecule has 1 aromatic rings. The summed E-state index contributed by atoms with van der Waals surface area (Å²) in [5.74, 6) is 0.605. The van der Waals surface area contributed by atoms with Crippen LogP contribution in [-0.4, -0.2) is 11.6 Å². The summed E-state index contributed by atoms with van der Waals surface area (Å²) in [5, 5.41) is 0. The Morgan fingerprint density at radius 2 is 1.62 bits per heavy atom. The lowest BCUT2D eigenvalue weighted by atomic mass is 9.70. The van der Waals surface area contributed by atoms with Gasteiger partial charge in [-0.25, -0.2) is 0 Å². The van der Waals surface area contributed by atoms with Gasteiger partial charge in [0.25, 0.3) is 0 Å². The van der Waals surface area contributed by atoms with E-state index in [2.05, 4.69) is 40.7 Å². The Hall–Kier alpha value is -1.96. The van der Waals surface area contributed by atoms with Crippen molar-refractivity contribution in [3.05, 3.63) is 58.2 Å². The third kappa shape index (κ3) is 3.58. The van der Waals surface area contributed by atoms with Gasteiger partial charge < -0.3 is 0 Å². The SMILES string of the molecule is CC1=C(C(C)(C)C/C=C(\C)CC(C)C)C(=O)c2ccccc2C1=O. The first kappa shape index (κ1) is 18.4. The number of ketones is 2. The highest BCUT2D eigenvalue weighted by Crippen LogP contribution is 2.40. The number of fused-ring (bicyclic) bond motifs is 1. The van der Waals surface area contributed by atoms with E-state index in [0.717, 1.165) is 12.8 Å². The highest BCUT2D eigenvalue weighted by Gasteiger charge is 2.37. The predicted molar refractivity (Wildman–Crippen MR) is 99.4 cm³/mol. The molecule has 0 radical (unpaired) electrons. The van der Waals surface area contributed by atoms with E-state index in [1.165, 1.54) is 5.57 Å². The standard InChI is InChI=1S/C22H28O2/c1-14(2)13-15(3)11-12-22(5,6)19-16(4)20(23)17-9-7-8-10-18(17)21(19)24/h7-11,14H,12-13H2,1-6H3/b15-11+. The average molecular weight is 324 g/mol. The molecule has 0 amide bonds. The summed E-state index contributed by atoms with van der Waals surface area (Å²) in [5.41, 5.74) is 3.32. The maximum atomic E-state index is 13.0. The van der Waals surface area contributed by atoms with Crippen LogP contribution in [0.5, 0.6) is 0 Å². The fraction of sp³-hybridized carbons (Fsp3) is 0.455. The Bertz CT molecular complexity index is 730. The summed E-state index contributed by atoms with van der Waals surface area (Å²) in [6.07, 6.45) is 4.04. The molecule has 0 unspecified atom stereocenters. The molecule has 0 aromatic heterocycles. The fourth-order valence-corrected chi connectivity index (χ4v) is 3.57. The number of Topliss-reactive ketones (excluding diaryl/α,β-unsaturated/α-hetero) is 2. The third-order valence-electron chi connectivity index (χ3n) is 4.73. The minimum Gasteiger partial charge on any atom is -0.289 e. The van der Waals surface area contributed by atoms with Crippen molar-refractivity contribution in [3.8, 4) is 0 Å². The van der Waals surface area contributed by atoms with Gasteiger partial charge in [-0.1, -0.05) is 63.6 Å². The lowest BCUT2D eigenvalue weighted by molar-refractivity contribution is 0.0954. The molecular weight excluding hydrogens is 296 g/mol. The normalized spacial score (nSPS) is 16.0. The van der Waals surface area contributed by atoms with Crippen LogP contribution in [0.1, 0.15) is 75.1 Å². The van der Waals surface area contributed by atoms with E-state index >= 15 is 0 Å². The maximum Gasteiger partial charge on any atom is 0.190 e. The van der Waals surface area contributed by atoms with E-state index < -0.39 is 0 Å². The quantitative estimate of drug-likeness (QED) is 0.642. The van der Waals surface area contributed by atoms with Crippen LogP contribution in [0.2, 0.25) is 0 Å². The number of hydrogen-bond donors (Lipinski definition) is 0. The number of carbonyl (C=O) groups is 2. The summed E-state index contributed by atoms with van der Waals surface area (Å²) in [6.45, 7) is 12.5. The number of carbonyl (C=O) groups excluding carboxylic acids is 2. The van der Waals surface area contributed by atoms with Gasteiger partial charge in [0.15, 0.2) is 11.6 Å². The van der Waals surface area contributed by atoms with Gasteiger partial charge in [0.05, 0.1) is 0 Å². The lowest BCUT2D eigenvalue weighted by Crippen LogP contribution is -2.29. The van der Waals surface area contributed by atoms with Gasteiger partial charge in [0, 0.05) is 22.3 Å². The minimum absolute atomic E-state index is 0.00242. The van der Waals surface area contributed by atoms with E-state index in [-0.39, 0.29) is 17.0 Å². The molecule has 0 bridgehead atoms. The van der Waals surface area contributed by atoms with Crippen molar-refractivity contribution in [2.75, 3.05) is 0 Å². The van der Waals surface area contributed by atoms with E-state index in [9.17, 15) is 9.59 Å². The van der Waals surface area contributed by atoms with Gasteiger partial charge in [-0.3, -0.25) is 9.59 Å². The Morgan fingerprint density at radius 1 is 1.08 bits per heavy atom. The maximum absolute atomic E-state index is 13.0. The Balaban J connectivity index is 2.38. The second-order valence-electron chi connectivity index (χ2n) is 7.94. The lowest BCUT2D eigenvalue weighted by Gasteiger charge is -2.31. The van der Waals surface area contributed by atoms with Crippen molar-refractivity contribution in [2.45, 2.75) is 54.4 Å². The zero-order valence-electron chi connectivity index (χ0n) is 15.7. The third-order valence-corrected chi connectivity index (χ3v) is 4.73. The van der Waals surface area contributed by atoms with Crippen molar-refractivity contribution in [2.24, 2.45) is 11.3 Å². The van der Waals surface area contributed by atoms with Crippen LogP contribution in [0.4, 0.5) is 0 Å². The van der Waals surface area contributed by atoms with Gasteiger partial charge >= 0.3 is 0 Å². The van der Waals surface area contributed by atoms with Crippen molar-refractivity contribution in [3.63, 3.8) is 0 Å². The Labute approximate surface area is 145 Å². The van der Waals surface area contributed by atoms with Crippen LogP contribution < -0.4 is 0 Å². The molecular formula is C22H28O2. The Morgan fingerprint density at radius 3 is 2.17 bits per heavy atom. The molecule has 24 heavy (non-hydrogen) atoms. The molecule has 0 spiro atoms. The molecule has 0 heterocycles. The van der Waals surface area contributed by atoms with Gasteiger partial charge in [0.1, 0.15) is 0 Å². The van der Waals surface area contributed by atoms with Crippen molar-refractivity contribution in [1.82, 2.24) is 0 Å². The van der Waals surface area contributed by atoms with E-state index in [1.807, 2.05) is 12.1 Å². The van der Waals surface area contributed by atoms with Crippen molar-refractivity contribution < 1.29 is 9.59 Å². The molecule has 2 rings (SSSR count). The Kier molecular flexibility index (Phi) is 5.27. The van der Waals surface area contributed by atoms with Crippen molar-refractivity contribution >= 4 is 11.6 Å². The zero-order valence-corrected chi connectivity index (χ0v) is 15.7. The van der Waals surface area contributed by atoms with Crippen LogP contribution in [0.15, 0.2) is 47.1 Å². The molecule has 0 saturated carbocycles. The first-order valence-electron chi connectivity index (χ1n) is 8.70. The average Bonchev–Trinajstić information content (AvgIpc) is 2.50. The van der Waals surface area contributed by atoms with Gasteiger partial charge in [-0.2, -0.15) is 0 Å². The van der Waals surface area contributed by atoms with Gasteiger partial charge in [0.2, 0.25) is 0 Å². The van der Waals surface area contributed by atoms with Crippen LogP contribution in [0, 0.1) is 11.3 Å². The zero-order chi connectivity index (χ0) is 18.1. The second-order valence-corrected chi connectivity index (χ2v) is 7.94. The van der Waals surface area contributed by atoms with Crippen molar-refractivity contribution in [1.29, 1.82) is 0 Å². The smallest absolute Gasteiger partial charge is 0.190 e. The first-order chi connectivity index (χ1) is 11.1. The summed E-state index contributed by atoms with van der Waals surface area (Å²) >= 11 is 0. The van der Waals surface area contributed by atoms with Crippen LogP contribution in [0.3, 0.4) is 0 Å². The molecule has 0 N–H and O–H groups in total. The van der Waals surface area contributed by atoms with Gasteiger partial charge in [-0.15, -0.1) is 0 Å². The molecule has 2 nitrogen and oxygen atoms in total. The highest BCUT2D eigenvalue weighted by molar-refractivity contribution is 6.27. The molecule has 1 aliphatic carbocycles. The van der Waals surface area contributed by atoms with E-state index in [4.69, 9.17) is 0 Å². The second kappa shape index (κ2) is 6.88. The van der Waals surface area contributed by atoms with Crippen LogP contribution in [-0.2, 0) is 0 Å². The van der Waals surface area contributed by atoms with Crippen LogP contribution in [0.25, 0.3) is 0 Å². The molecule has 1 aliphatic rings. The first-order valence-corrected chi connectivity index (χ1v) is 8.70. The molecule has 2 heteroatoms. The van der Waals surface area contributed by atoms with Crippen LogP contribution >= 0.6 is 0 Å². The molecule has 1 aromatic carbocycles. The highest BCUT2D eigenvalue weighted by atomic mass is 16.1. The predicted octanol–water partition coefficient (Wildman–Crippen LogP) is 5.79. The number of rotatable bonds is 5. The molecule has 0 atom stereocenters. The number of allylic oxidation sites excluding steroid dienone is 4. The van der Waals surface area contributed by atoms with Gasteiger partial charge in [-0.05, 0) is 38.0 Å². The topological polar surface area (TPSA) is 34.1 Å². The van der Waals surface area contributed by atoms with E-state index in [1.54, 1.807) is 19.1 Å². The molecule has 0 fully saturated rings. The minimum atomic E-state index is -0.359. The number of hydrogen-bond acceptors (Lipinski definition) is 2. The molecule has 0 aliphatic heterocycles.